The highest BCUT2D eigenvalue weighted by molar-refractivity contribution is 7.09. The first-order valence-electron chi connectivity index (χ1n) is 7.38. The molecule has 0 radical (unpaired) electrons. The predicted molar refractivity (Wildman–Crippen MR) is 89.6 cm³/mol. The standard InChI is InChI=1S/C17H22N2O2S/c1-11-5-6-12(2)15(9-11)21-14(4)17(20)18-8-7-16-13(3)19-10-22-16/h5-6,9-10,14H,7-8H2,1-4H3,(H,18,20). The summed E-state index contributed by atoms with van der Waals surface area (Å²) in [5.74, 6) is 0.670. The second-order valence-electron chi connectivity index (χ2n) is 5.43. The molecule has 0 aliphatic heterocycles. The first-order valence-corrected chi connectivity index (χ1v) is 8.26. The van der Waals surface area contributed by atoms with Gasteiger partial charge >= 0.3 is 0 Å². The molecule has 0 saturated carbocycles. The predicted octanol–water partition coefficient (Wildman–Crippen LogP) is 3.19. The highest BCUT2D eigenvalue weighted by Crippen LogP contribution is 2.20. The van der Waals surface area contributed by atoms with Crippen LogP contribution in [0.2, 0.25) is 0 Å². The minimum Gasteiger partial charge on any atom is -0.481 e. The van der Waals surface area contributed by atoms with Gasteiger partial charge in [-0.3, -0.25) is 4.79 Å². The van der Waals surface area contributed by atoms with E-state index >= 15 is 0 Å². The van der Waals surface area contributed by atoms with Crippen LogP contribution in [0.25, 0.3) is 0 Å². The average molecular weight is 318 g/mol. The Morgan fingerprint density at radius 1 is 1.36 bits per heavy atom. The van der Waals surface area contributed by atoms with Gasteiger partial charge in [0.15, 0.2) is 6.10 Å². The lowest BCUT2D eigenvalue weighted by molar-refractivity contribution is -0.127. The summed E-state index contributed by atoms with van der Waals surface area (Å²) >= 11 is 1.62. The quantitative estimate of drug-likeness (QED) is 0.890. The maximum absolute atomic E-state index is 12.1. The molecule has 1 amide bonds. The number of aromatic nitrogens is 1. The van der Waals surface area contributed by atoms with Crippen molar-refractivity contribution in [3.05, 3.63) is 45.4 Å². The van der Waals surface area contributed by atoms with Crippen LogP contribution in [0.15, 0.2) is 23.7 Å². The number of carbonyl (C=O) groups is 1. The first-order chi connectivity index (χ1) is 10.5. The molecule has 118 valence electrons. The molecule has 0 aliphatic rings. The molecule has 0 saturated heterocycles. The van der Waals surface area contributed by atoms with Crippen molar-refractivity contribution < 1.29 is 9.53 Å². The van der Waals surface area contributed by atoms with Gasteiger partial charge in [0.25, 0.3) is 5.91 Å². The molecule has 0 spiro atoms. The first kappa shape index (κ1) is 16.5. The molecular formula is C17H22N2O2S. The zero-order valence-electron chi connectivity index (χ0n) is 13.5. The molecule has 0 fully saturated rings. The molecule has 0 aliphatic carbocycles. The van der Waals surface area contributed by atoms with E-state index in [1.54, 1.807) is 18.3 Å². The second-order valence-corrected chi connectivity index (χ2v) is 6.37. The zero-order valence-corrected chi connectivity index (χ0v) is 14.3. The van der Waals surface area contributed by atoms with Crippen LogP contribution in [0.1, 0.15) is 28.6 Å². The summed E-state index contributed by atoms with van der Waals surface area (Å²) in [4.78, 5) is 17.5. The van der Waals surface area contributed by atoms with E-state index in [1.807, 2.05) is 44.5 Å². The van der Waals surface area contributed by atoms with Crippen LogP contribution >= 0.6 is 11.3 Å². The SMILES string of the molecule is Cc1ccc(C)c(OC(C)C(=O)NCCc2scnc2C)c1. The van der Waals surface area contributed by atoms with Crippen LogP contribution in [0.3, 0.4) is 0 Å². The van der Waals surface area contributed by atoms with Gasteiger partial charge in [-0.1, -0.05) is 12.1 Å². The molecule has 2 rings (SSSR count). The minimum atomic E-state index is -0.511. The van der Waals surface area contributed by atoms with Crippen molar-refractivity contribution >= 4 is 17.2 Å². The van der Waals surface area contributed by atoms with Gasteiger partial charge in [-0.15, -0.1) is 11.3 Å². The van der Waals surface area contributed by atoms with Gasteiger partial charge in [0.2, 0.25) is 0 Å². The van der Waals surface area contributed by atoms with E-state index in [1.165, 1.54) is 4.88 Å². The van der Waals surface area contributed by atoms with E-state index in [2.05, 4.69) is 10.3 Å². The number of amides is 1. The fourth-order valence-corrected chi connectivity index (χ4v) is 2.87. The summed E-state index contributed by atoms with van der Waals surface area (Å²) < 4.78 is 5.78. The number of carbonyl (C=O) groups excluding carboxylic acids is 1. The number of hydrogen-bond acceptors (Lipinski definition) is 4. The van der Waals surface area contributed by atoms with Crippen LogP contribution < -0.4 is 10.1 Å². The third-order valence-electron chi connectivity index (χ3n) is 3.51. The maximum Gasteiger partial charge on any atom is 0.260 e. The molecule has 1 atom stereocenters. The largest absolute Gasteiger partial charge is 0.481 e. The number of nitrogens with one attached hydrogen (secondary N) is 1. The Kier molecular flexibility index (Phi) is 5.55. The summed E-state index contributed by atoms with van der Waals surface area (Å²) in [7, 11) is 0. The van der Waals surface area contributed by atoms with Gasteiger partial charge < -0.3 is 10.1 Å². The van der Waals surface area contributed by atoms with Gasteiger partial charge in [-0.05, 0) is 44.9 Å². The number of thiazole rings is 1. The average Bonchev–Trinajstić information content (AvgIpc) is 2.88. The third kappa shape index (κ3) is 4.31. The number of rotatable bonds is 6. The van der Waals surface area contributed by atoms with E-state index in [-0.39, 0.29) is 5.91 Å². The number of aryl methyl sites for hydroxylation is 3. The number of nitrogens with zero attached hydrogens (tertiary/aromatic N) is 1. The normalized spacial score (nSPS) is 12.0. The molecular weight excluding hydrogens is 296 g/mol. The van der Waals surface area contributed by atoms with E-state index < -0.39 is 6.10 Å². The fourth-order valence-electron chi connectivity index (χ4n) is 2.09. The Hall–Kier alpha value is -1.88. The van der Waals surface area contributed by atoms with Crippen molar-refractivity contribution in [2.75, 3.05) is 6.54 Å². The molecule has 1 unspecified atom stereocenters. The van der Waals surface area contributed by atoms with Gasteiger partial charge in [-0.25, -0.2) is 4.98 Å². The molecule has 1 heterocycles. The minimum absolute atomic E-state index is 0.0944. The maximum atomic E-state index is 12.1. The summed E-state index contributed by atoms with van der Waals surface area (Å²) in [6, 6.07) is 5.99. The highest BCUT2D eigenvalue weighted by atomic mass is 32.1. The molecule has 22 heavy (non-hydrogen) atoms. The third-order valence-corrected chi connectivity index (χ3v) is 4.51. The van der Waals surface area contributed by atoms with Crippen molar-refractivity contribution in [1.29, 1.82) is 0 Å². The lowest BCUT2D eigenvalue weighted by Crippen LogP contribution is -2.37. The van der Waals surface area contributed by atoms with Crippen LogP contribution in [-0.4, -0.2) is 23.5 Å². The molecule has 1 N–H and O–H groups in total. The summed E-state index contributed by atoms with van der Waals surface area (Å²) in [5.41, 5.74) is 5.02. The van der Waals surface area contributed by atoms with E-state index in [9.17, 15) is 4.79 Å². The number of benzene rings is 1. The molecule has 5 heteroatoms. The lowest BCUT2D eigenvalue weighted by atomic mass is 10.1. The summed E-state index contributed by atoms with van der Waals surface area (Å²) in [6.45, 7) is 8.34. The van der Waals surface area contributed by atoms with Crippen molar-refractivity contribution in [2.45, 2.75) is 40.2 Å². The molecule has 1 aromatic carbocycles. The number of ether oxygens (including phenoxy) is 1. The Balaban J connectivity index is 1.84. The van der Waals surface area contributed by atoms with E-state index in [0.29, 0.717) is 6.54 Å². The number of hydrogen-bond donors (Lipinski definition) is 1. The van der Waals surface area contributed by atoms with Gasteiger partial charge in [0, 0.05) is 17.8 Å². The summed E-state index contributed by atoms with van der Waals surface area (Å²) in [6.07, 6.45) is 0.293. The fraction of sp³-hybridized carbons (Fsp3) is 0.412. The topological polar surface area (TPSA) is 51.2 Å². The lowest BCUT2D eigenvalue weighted by Gasteiger charge is -2.16. The van der Waals surface area contributed by atoms with Crippen LogP contribution in [0.4, 0.5) is 0 Å². The van der Waals surface area contributed by atoms with Gasteiger partial charge in [0.1, 0.15) is 5.75 Å². The van der Waals surface area contributed by atoms with Crippen LogP contribution in [-0.2, 0) is 11.2 Å². The Bertz CT molecular complexity index is 652. The van der Waals surface area contributed by atoms with Crippen molar-refractivity contribution in [2.24, 2.45) is 0 Å². The van der Waals surface area contributed by atoms with E-state index in [4.69, 9.17) is 4.74 Å². The van der Waals surface area contributed by atoms with Crippen LogP contribution in [0.5, 0.6) is 5.75 Å². The smallest absolute Gasteiger partial charge is 0.260 e. The van der Waals surface area contributed by atoms with Crippen LogP contribution in [0, 0.1) is 20.8 Å². The molecule has 1 aromatic heterocycles. The van der Waals surface area contributed by atoms with Crippen molar-refractivity contribution in [3.63, 3.8) is 0 Å². The zero-order chi connectivity index (χ0) is 16.1. The second kappa shape index (κ2) is 7.40. The van der Waals surface area contributed by atoms with Gasteiger partial charge in [0.05, 0.1) is 11.2 Å². The molecule has 0 bridgehead atoms. The Morgan fingerprint density at radius 3 is 2.82 bits per heavy atom. The van der Waals surface area contributed by atoms with Crippen molar-refractivity contribution in [3.8, 4) is 5.75 Å². The Labute approximate surface area is 135 Å². The van der Waals surface area contributed by atoms with E-state index in [0.717, 1.165) is 29.0 Å². The van der Waals surface area contributed by atoms with Crippen molar-refractivity contribution in [1.82, 2.24) is 10.3 Å². The van der Waals surface area contributed by atoms with Gasteiger partial charge in [-0.2, -0.15) is 0 Å². The molecule has 2 aromatic rings. The highest BCUT2D eigenvalue weighted by Gasteiger charge is 2.15. The summed E-state index contributed by atoms with van der Waals surface area (Å²) in [5, 5.41) is 2.92. The molecule has 4 nitrogen and oxygen atoms in total. The monoisotopic (exact) mass is 318 g/mol. The Morgan fingerprint density at radius 2 is 2.14 bits per heavy atom.